The molecule has 1 aliphatic rings. The van der Waals surface area contributed by atoms with Crippen LogP contribution >= 0.6 is 0 Å². The standard InChI is InChI=1S/C12H22N4O/c1-17-10-11-2-5-15(6-3-11)8-9-16-7-4-12(13)14-16/h4,7,11H,2-3,5-6,8-10H2,1H3,(H2,13,14). The molecule has 2 heterocycles. The summed E-state index contributed by atoms with van der Waals surface area (Å²) in [4.78, 5) is 2.49. The number of likely N-dealkylation sites (tertiary alicyclic amines) is 1. The van der Waals surface area contributed by atoms with Crippen LogP contribution in [-0.2, 0) is 11.3 Å². The van der Waals surface area contributed by atoms with Gasteiger partial charge in [-0.2, -0.15) is 5.10 Å². The van der Waals surface area contributed by atoms with E-state index in [4.69, 9.17) is 10.5 Å². The minimum atomic E-state index is 0.601. The number of piperidine rings is 1. The molecule has 1 saturated heterocycles. The lowest BCUT2D eigenvalue weighted by Gasteiger charge is -2.31. The fourth-order valence-electron chi connectivity index (χ4n) is 2.36. The number of nitrogen functional groups attached to an aromatic ring is 1. The third kappa shape index (κ3) is 3.71. The van der Waals surface area contributed by atoms with E-state index in [2.05, 4.69) is 10.00 Å². The molecule has 1 fully saturated rings. The Labute approximate surface area is 103 Å². The van der Waals surface area contributed by atoms with Crippen molar-refractivity contribution in [3.8, 4) is 0 Å². The maximum Gasteiger partial charge on any atom is 0.145 e. The van der Waals surface area contributed by atoms with Crippen LogP contribution in [0.5, 0.6) is 0 Å². The maximum absolute atomic E-state index is 5.58. The second kappa shape index (κ2) is 6.02. The molecule has 1 aromatic heterocycles. The predicted molar refractivity (Wildman–Crippen MR) is 67.7 cm³/mol. The molecule has 0 radical (unpaired) electrons. The molecule has 0 aromatic carbocycles. The smallest absolute Gasteiger partial charge is 0.145 e. The summed E-state index contributed by atoms with van der Waals surface area (Å²) in [6.07, 6.45) is 4.43. The molecule has 0 unspecified atom stereocenters. The van der Waals surface area contributed by atoms with Crippen LogP contribution in [0.4, 0.5) is 5.82 Å². The number of anilines is 1. The molecular formula is C12H22N4O. The summed E-state index contributed by atoms with van der Waals surface area (Å²) in [7, 11) is 1.79. The molecule has 0 atom stereocenters. The van der Waals surface area contributed by atoms with Crippen molar-refractivity contribution < 1.29 is 4.74 Å². The second-order valence-electron chi connectivity index (χ2n) is 4.74. The van der Waals surface area contributed by atoms with Gasteiger partial charge in [0.15, 0.2) is 0 Å². The topological polar surface area (TPSA) is 56.3 Å². The fraction of sp³-hybridized carbons (Fsp3) is 0.750. The molecular weight excluding hydrogens is 216 g/mol. The maximum atomic E-state index is 5.58. The van der Waals surface area contributed by atoms with Crippen LogP contribution in [-0.4, -0.2) is 48.0 Å². The van der Waals surface area contributed by atoms with E-state index in [9.17, 15) is 0 Å². The van der Waals surface area contributed by atoms with Crippen LogP contribution in [0.15, 0.2) is 12.3 Å². The molecule has 2 rings (SSSR count). The van der Waals surface area contributed by atoms with E-state index >= 15 is 0 Å². The Hall–Kier alpha value is -1.07. The summed E-state index contributed by atoms with van der Waals surface area (Å²) < 4.78 is 7.12. The van der Waals surface area contributed by atoms with Crippen LogP contribution in [0.25, 0.3) is 0 Å². The average Bonchev–Trinajstić information content (AvgIpc) is 2.75. The fourth-order valence-corrected chi connectivity index (χ4v) is 2.36. The molecule has 0 saturated carbocycles. The van der Waals surface area contributed by atoms with Crippen molar-refractivity contribution in [2.45, 2.75) is 19.4 Å². The zero-order valence-electron chi connectivity index (χ0n) is 10.5. The molecule has 2 N–H and O–H groups in total. The quantitative estimate of drug-likeness (QED) is 0.825. The highest BCUT2D eigenvalue weighted by Crippen LogP contribution is 2.16. The zero-order valence-corrected chi connectivity index (χ0v) is 10.5. The minimum Gasteiger partial charge on any atom is -0.384 e. The number of rotatable bonds is 5. The Balaban J connectivity index is 1.68. The molecule has 17 heavy (non-hydrogen) atoms. The van der Waals surface area contributed by atoms with Gasteiger partial charge in [-0.3, -0.25) is 4.68 Å². The third-order valence-corrected chi connectivity index (χ3v) is 3.42. The van der Waals surface area contributed by atoms with Gasteiger partial charge in [0.1, 0.15) is 5.82 Å². The zero-order chi connectivity index (χ0) is 12.1. The molecule has 96 valence electrons. The van der Waals surface area contributed by atoms with Gasteiger partial charge in [0.2, 0.25) is 0 Å². The van der Waals surface area contributed by atoms with Crippen molar-refractivity contribution >= 4 is 5.82 Å². The highest BCUT2D eigenvalue weighted by molar-refractivity contribution is 5.23. The summed E-state index contributed by atoms with van der Waals surface area (Å²) in [6.45, 7) is 5.23. The lowest BCUT2D eigenvalue weighted by Crippen LogP contribution is -2.37. The first-order valence-corrected chi connectivity index (χ1v) is 6.28. The SMILES string of the molecule is COCC1CCN(CCn2ccc(N)n2)CC1. The molecule has 1 aromatic rings. The van der Waals surface area contributed by atoms with Gasteiger partial charge >= 0.3 is 0 Å². The van der Waals surface area contributed by atoms with Crippen LogP contribution in [0.2, 0.25) is 0 Å². The van der Waals surface area contributed by atoms with Crippen LogP contribution < -0.4 is 5.73 Å². The first kappa shape index (κ1) is 12.4. The number of ether oxygens (including phenoxy) is 1. The van der Waals surface area contributed by atoms with E-state index in [1.54, 1.807) is 7.11 Å². The van der Waals surface area contributed by atoms with Gasteiger partial charge in [0.05, 0.1) is 6.54 Å². The number of nitrogens with zero attached hydrogens (tertiary/aromatic N) is 3. The Kier molecular flexibility index (Phi) is 4.39. The number of methoxy groups -OCH3 is 1. The van der Waals surface area contributed by atoms with E-state index in [1.807, 2.05) is 16.9 Å². The van der Waals surface area contributed by atoms with Crippen LogP contribution in [0, 0.1) is 5.92 Å². The molecule has 0 amide bonds. The molecule has 5 nitrogen and oxygen atoms in total. The normalized spacial score (nSPS) is 18.6. The van der Waals surface area contributed by atoms with Gasteiger partial charge < -0.3 is 15.4 Å². The van der Waals surface area contributed by atoms with Crippen molar-refractivity contribution in [3.05, 3.63) is 12.3 Å². The first-order chi connectivity index (χ1) is 8.28. The van der Waals surface area contributed by atoms with Gasteiger partial charge in [-0.25, -0.2) is 0 Å². The van der Waals surface area contributed by atoms with Gasteiger partial charge in [-0.15, -0.1) is 0 Å². The number of hydrogen-bond acceptors (Lipinski definition) is 4. The van der Waals surface area contributed by atoms with Gasteiger partial charge in [-0.05, 0) is 37.9 Å². The van der Waals surface area contributed by atoms with Crippen molar-refractivity contribution in [1.29, 1.82) is 0 Å². The van der Waals surface area contributed by atoms with Crippen molar-refractivity contribution in [3.63, 3.8) is 0 Å². The van der Waals surface area contributed by atoms with E-state index in [0.717, 1.165) is 25.6 Å². The average molecular weight is 238 g/mol. The number of aromatic nitrogens is 2. The lowest BCUT2D eigenvalue weighted by molar-refractivity contribution is 0.0977. The summed E-state index contributed by atoms with van der Waals surface area (Å²) in [5, 5.41) is 4.19. The lowest BCUT2D eigenvalue weighted by atomic mass is 9.98. The van der Waals surface area contributed by atoms with Crippen LogP contribution in [0.3, 0.4) is 0 Å². The number of hydrogen-bond donors (Lipinski definition) is 1. The summed E-state index contributed by atoms with van der Waals surface area (Å²) in [5.41, 5.74) is 5.58. The Bertz CT molecular complexity index is 331. The van der Waals surface area contributed by atoms with E-state index < -0.39 is 0 Å². The second-order valence-corrected chi connectivity index (χ2v) is 4.74. The predicted octanol–water partition coefficient (Wildman–Crippen LogP) is 0.824. The van der Waals surface area contributed by atoms with Crippen LogP contribution in [0.1, 0.15) is 12.8 Å². The van der Waals surface area contributed by atoms with Crippen molar-refractivity contribution in [1.82, 2.24) is 14.7 Å². The number of nitrogens with two attached hydrogens (primary N) is 1. The van der Waals surface area contributed by atoms with Gasteiger partial charge in [0, 0.05) is 26.5 Å². The van der Waals surface area contributed by atoms with Crippen molar-refractivity contribution in [2.75, 3.05) is 39.1 Å². The Morgan fingerprint density at radius 2 is 2.18 bits per heavy atom. The largest absolute Gasteiger partial charge is 0.384 e. The van der Waals surface area contributed by atoms with Gasteiger partial charge in [-0.1, -0.05) is 0 Å². The van der Waals surface area contributed by atoms with Crippen molar-refractivity contribution in [2.24, 2.45) is 5.92 Å². The van der Waals surface area contributed by atoms with E-state index in [-0.39, 0.29) is 0 Å². The highest BCUT2D eigenvalue weighted by Gasteiger charge is 2.18. The third-order valence-electron chi connectivity index (χ3n) is 3.42. The molecule has 1 aliphatic heterocycles. The Morgan fingerprint density at radius 1 is 1.41 bits per heavy atom. The summed E-state index contributed by atoms with van der Waals surface area (Å²) in [6, 6.07) is 1.84. The first-order valence-electron chi connectivity index (χ1n) is 6.28. The minimum absolute atomic E-state index is 0.601. The van der Waals surface area contributed by atoms with E-state index in [1.165, 1.54) is 25.9 Å². The molecule has 0 bridgehead atoms. The van der Waals surface area contributed by atoms with Gasteiger partial charge in [0.25, 0.3) is 0 Å². The highest BCUT2D eigenvalue weighted by atomic mass is 16.5. The van der Waals surface area contributed by atoms with E-state index in [0.29, 0.717) is 5.82 Å². The molecule has 0 spiro atoms. The summed E-state index contributed by atoms with van der Waals surface area (Å²) in [5.74, 6) is 1.35. The molecule has 5 heteroatoms. The Morgan fingerprint density at radius 3 is 2.76 bits per heavy atom. The summed E-state index contributed by atoms with van der Waals surface area (Å²) >= 11 is 0. The monoisotopic (exact) mass is 238 g/mol. The molecule has 0 aliphatic carbocycles.